The molecule has 0 amide bonds. The van der Waals surface area contributed by atoms with Crippen molar-refractivity contribution in [2.24, 2.45) is 10.9 Å². The summed E-state index contributed by atoms with van der Waals surface area (Å²) in [6.07, 6.45) is 3.71. The number of oxime groups is 1. The molecule has 1 aromatic carbocycles. The Morgan fingerprint density at radius 2 is 2.00 bits per heavy atom. The summed E-state index contributed by atoms with van der Waals surface area (Å²) in [5, 5.41) is 11.8. The van der Waals surface area contributed by atoms with Crippen LogP contribution in [0.5, 0.6) is 5.75 Å². The van der Waals surface area contributed by atoms with Gasteiger partial charge in [-0.15, -0.1) is 0 Å². The number of benzene rings is 1. The van der Waals surface area contributed by atoms with Gasteiger partial charge in [-0.25, -0.2) is 4.98 Å². The Labute approximate surface area is 123 Å². The number of aromatic nitrogens is 2. The Morgan fingerprint density at radius 1 is 1.33 bits per heavy atom. The van der Waals surface area contributed by atoms with E-state index in [-0.39, 0.29) is 5.84 Å². The third-order valence-corrected chi connectivity index (χ3v) is 3.37. The first kappa shape index (κ1) is 14.9. The molecule has 0 bridgehead atoms. The zero-order chi connectivity index (χ0) is 15.4. The second kappa shape index (κ2) is 6.30. The second-order valence-corrected chi connectivity index (χ2v) is 4.94. The molecule has 0 fully saturated rings. The Hall–Kier alpha value is -2.50. The third-order valence-electron chi connectivity index (χ3n) is 3.37. The topological polar surface area (TPSA) is 85.7 Å². The maximum absolute atomic E-state index is 8.74. The zero-order valence-corrected chi connectivity index (χ0v) is 12.5. The van der Waals surface area contributed by atoms with Gasteiger partial charge in [0.2, 0.25) is 0 Å². The van der Waals surface area contributed by atoms with Crippen LogP contribution in [0.3, 0.4) is 0 Å². The Balaban J connectivity index is 2.08. The van der Waals surface area contributed by atoms with Crippen LogP contribution >= 0.6 is 0 Å². The molecule has 112 valence electrons. The van der Waals surface area contributed by atoms with E-state index in [1.807, 2.05) is 43.7 Å². The summed E-state index contributed by atoms with van der Waals surface area (Å²) in [5.41, 5.74) is 8.21. The normalized spacial score (nSPS) is 11.7. The van der Waals surface area contributed by atoms with Crippen molar-refractivity contribution in [2.45, 2.75) is 27.3 Å². The molecule has 3 N–H and O–H groups in total. The lowest BCUT2D eigenvalue weighted by Gasteiger charge is -2.14. The maximum atomic E-state index is 8.74. The van der Waals surface area contributed by atoms with Gasteiger partial charge in [-0.1, -0.05) is 5.16 Å². The van der Waals surface area contributed by atoms with E-state index in [1.165, 1.54) is 0 Å². The predicted octanol–water partition coefficient (Wildman–Crippen LogP) is 1.98. The van der Waals surface area contributed by atoms with Gasteiger partial charge < -0.3 is 20.2 Å². The summed E-state index contributed by atoms with van der Waals surface area (Å²) in [6, 6.07) is 3.69. The molecule has 2 aromatic rings. The Kier molecular flexibility index (Phi) is 4.47. The molecular weight excluding hydrogens is 268 g/mol. The van der Waals surface area contributed by atoms with Crippen LogP contribution in [-0.4, -0.2) is 27.2 Å². The van der Waals surface area contributed by atoms with Gasteiger partial charge in [-0.2, -0.15) is 0 Å². The highest BCUT2D eigenvalue weighted by Gasteiger charge is 2.09. The molecule has 1 aromatic heterocycles. The molecule has 0 aliphatic heterocycles. The van der Waals surface area contributed by atoms with Gasteiger partial charge in [0.15, 0.2) is 5.84 Å². The largest absolute Gasteiger partial charge is 0.491 e. The average molecular weight is 288 g/mol. The van der Waals surface area contributed by atoms with E-state index in [1.54, 1.807) is 6.20 Å². The van der Waals surface area contributed by atoms with Crippen molar-refractivity contribution >= 4 is 5.84 Å². The molecule has 1 heterocycles. The van der Waals surface area contributed by atoms with E-state index in [2.05, 4.69) is 10.1 Å². The molecule has 0 unspecified atom stereocenters. The molecule has 0 aliphatic carbocycles. The highest BCUT2D eigenvalue weighted by atomic mass is 16.5. The lowest BCUT2D eigenvalue weighted by molar-refractivity contribution is 0.293. The minimum absolute atomic E-state index is 0.0989. The Bertz CT molecular complexity index is 638. The third kappa shape index (κ3) is 3.34. The van der Waals surface area contributed by atoms with E-state index in [4.69, 9.17) is 15.7 Å². The number of hydrogen-bond donors (Lipinski definition) is 2. The van der Waals surface area contributed by atoms with Gasteiger partial charge in [0.05, 0.1) is 6.54 Å². The number of nitrogens with zero attached hydrogens (tertiary/aromatic N) is 3. The van der Waals surface area contributed by atoms with Crippen LogP contribution in [0.15, 0.2) is 29.7 Å². The minimum Gasteiger partial charge on any atom is -0.491 e. The second-order valence-electron chi connectivity index (χ2n) is 4.94. The first-order chi connectivity index (χ1) is 10.0. The average Bonchev–Trinajstić information content (AvgIpc) is 2.86. The van der Waals surface area contributed by atoms with Crippen molar-refractivity contribution in [3.8, 4) is 5.75 Å². The number of nitrogens with two attached hydrogens (primary N) is 1. The van der Waals surface area contributed by atoms with Crippen LogP contribution in [0.2, 0.25) is 0 Å². The first-order valence-electron chi connectivity index (χ1n) is 6.72. The highest BCUT2D eigenvalue weighted by Crippen LogP contribution is 2.24. The Morgan fingerprint density at radius 3 is 2.52 bits per heavy atom. The molecule has 0 saturated carbocycles. The van der Waals surface area contributed by atoms with E-state index >= 15 is 0 Å². The zero-order valence-electron chi connectivity index (χ0n) is 12.5. The van der Waals surface area contributed by atoms with Gasteiger partial charge >= 0.3 is 0 Å². The number of hydrogen-bond acceptors (Lipinski definition) is 4. The van der Waals surface area contributed by atoms with E-state index in [0.29, 0.717) is 12.2 Å². The summed E-state index contributed by atoms with van der Waals surface area (Å²) in [6.45, 7) is 7.15. The first-order valence-corrected chi connectivity index (χ1v) is 6.72. The van der Waals surface area contributed by atoms with Crippen molar-refractivity contribution in [3.63, 3.8) is 0 Å². The summed E-state index contributed by atoms with van der Waals surface area (Å²) >= 11 is 0. The summed E-state index contributed by atoms with van der Waals surface area (Å²) < 4.78 is 7.91. The molecule has 0 spiro atoms. The van der Waals surface area contributed by atoms with Crippen LogP contribution < -0.4 is 10.5 Å². The van der Waals surface area contributed by atoms with Gasteiger partial charge in [-0.3, -0.25) is 0 Å². The number of amidine groups is 1. The molecule has 2 rings (SSSR count). The monoisotopic (exact) mass is 288 g/mol. The van der Waals surface area contributed by atoms with Crippen molar-refractivity contribution < 1.29 is 9.94 Å². The van der Waals surface area contributed by atoms with Gasteiger partial charge in [0.1, 0.15) is 18.2 Å². The van der Waals surface area contributed by atoms with Crippen molar-refractivity contribution in [1.29, 1.82) is 0 Å². The quantitative estimate of drug-likeness (QED) is 0.381. The highest BCUT2D eigenvalue weighted by molar-refractivity contribution is 5.97. The molecule has 0 aliphatic rings. The number of ether oxygens (including phenoxy) is 1. The molecule has 0 saturated heterocycles. The maximum Gasteiger partial charge on any atom is 0.170 e. The molecule has 0 radical (unpaired) electrons. The van der Waals surface area contributed by atoms with Crippen LogP contribution in [0.25, 0.3) is 0 Å². The fraction of sp³-hybridized carbons (Fsp3) is 0.333. The standard InChI is InChI=1S/C15H20N4O2/c1-10-8-13(15(16)18-20)9-11(2)14(10)21-7-6-19-5-4-17-12(19)3/h4-5,8-9,20H,6-7H2,1-3H3,(H2,16,18). The van der Waals surface area contributed by atoms with Crippen LogP contribution in [0, 0.1) is 20.8 Å². The fourth-order valence-corrected chi connectivity index (χ4v) is 2.27. The molecule has 6 nitrogen and oxygen atoms in total. The van der Waals surface area contributed by atoms with E-state index in [9.17, 15) is 0 Å². The number of imidazole rings is 1. The smallest absolute Gasteiger partial charge is 0.170 e. The molecule has 0 atom stereocenters. The minimum atomic E-state index is 0.0989. The lowest BCUT2D eigenvalue weighted by atomic mass is 10.1. The summed E-state index contributed by atoms with van der Waals surface area (Å²) in [4.78, 5) is 4.17. The van der Waals surface area contributed by atoms with E-state index in [0.717, 1.165) is 29.2 Å². The van der Waals surface area contributed by atoms with Crippen LogP contribution in [0.4, 0.5) is 0 Å². The van der Waals surface area contributed by atoms with Crippen molar-refractivity contribution in [2.75, 3.05) is 6.61 Å². The van der Waals surface area contributed by atoms with Crippen LogP contribution in [0.1, 0.15) is 22.5 Å². The molecule has 21 heavy (non-hydrogen) atoms. The lowest BCUT2D eigenvalue weighted by Crippen LogP contribution is -2.14. The number of aryl methyl sites for hydroxylation is 3. The van der Waals surface area contributed by atoms with Crippen molar-refractivity contribution in [1.82, 2.24) is 9.55 Å². The fourth-order valence-electron chi connectivity index (χ4n) is 2.27. The predicted molar refractivity (Wildman–Crippen MR) is 80.9 cm³/mol. The SMILES string of the molecule is Cc1cc(C(N)=NO)cc(C)c1OCCn1ccnc1C. The van der Waals surface area contributed by atoms with Gasteiger partial charge in [0, 0.05) is 18.0 Å². The van der Waals surface area contributed by atoms with Crippen LogP contribution in [-0.2, 0) is 6.54 Å². The number of rotatable bonds is 5. The van der Waals surface area contributed by atoms with Crippen molar-refractivity contribution in [3.05, 3.63) is 47.0 Å². The molecular formula is C15H20N4O2. The van der Waals surface area contributed by atoms with E-state index < -0.39 is 0 Å². The molecule has 6 heteroatoms. The summed E-state index contributed by atoms with van der Waals surface area (Å²) in [7, 11) is 0. The summed E-state index contributed by atoms with van der Waals surface area (Å²) in [5.74, 6) is 1.90. The van der Waals surface area contributed by atoms with Gasteiger partial charge in [-0.05, 0) is 44.0 Å². The van der Waals surface area contributed by atoms with Gasteiger partial charge in [0.25, 0.3) is 0 Å².